The maximum absolute atomic E-state index is 11.4. The van der Waals surface area contributed by atoms with Gasteiger partial charge in [0.25, 0.3) is 5.69 Å². The molecule has 2 aromatic rings. The van der Waals surface area contributed by atoms with Crippen molar-refractivity contribution in [2.45, 2.75) is 12.7 Å². The Hall–Kier alpha value is -2.78. The van der Waals surface area contributed by atoms with Crippen LogP contribution in [-0.2, 0) is 11.3 Å². The van der Waals surface area contributed by atoms with Gasteiger partial charge in [-0.15, -0.1) is 0 Å². The Morgan fingerprint density at radius 2 is 1.83 bits per heavy atom. The third-order valence-electron chi connectivity index (χ3n) is 3.29. The molecule has 0 amide bonds. The molecule has 9 heteroatoms. The van der Waals surface area contributed by atoms with Crippen LogP contribution in [-0.4, -0.2) is 41.3 Å². The van der Waals surface area contributed by atoms with Crippen LogP contribution in [0.15, 0.2) is 24.3 Å². The third kappa shape index (κ3) is 3.58. The molecular weight excluding hydrogens is 318 g/mol. The fourth-order valence-corrected chi connectivity index (χ4v) is 2.22. The number of hydrogen-bond donors (Lipinski definition) is 1. The topological polar surface area (TPSA) is 117 Å². The summed E-state index contributed by atoms with van der Waals surface area (Å²) in [4.78, 5) is 19.0. The number of nitrogens with zero attached hydrogens (tertiary/aromatic N) is 3. The summed E-state index contributed by atoms with van der Waals surface area (Å²) in [6.45, 7) is 0.0408. The van der Waals surface area contributed by atoms with Gasteiger partial charge in [-0.25, -0.2) is 0 Å². The molecule has 1 unspecified atom stereocenters. The van der Waals surface area contributed by atoms with E-state index in [2.05, 4.69) is 9.97 Å². The van der Waals surface area contributed by atoms with Crippen LogP contribution in [0.4, 0.5) is 5.69 Å². The number of aromatic nitrogens is 2. The largest absolute Gasteiger partial charge is 0.481 e. The molecule has 1 aromatic carbocycles. The van der Waals surface area contributed by atoms with Gasteiger partial charge in [0, 0.05) is 7.11 Å². The summed E-state index contributed by atoms with van der Waals surface area (Å²) in [6, 6.07) is 6.03. The Labute approximate surface area is 138 Å². The van der Waals surface area contributed by atoms with Gasteiger partial charge >= 0.3 is 0 Å². The summed E-state index contributed by atoms with van der Waals surface area (Å²) in [7, 11) is 4.24. The molecule has 1 aromatic heterocycles. The molecular formula is C15H17N3O6. The van der Waals surface area contributed by atoms with Gasteiger partial charge in [0.05, 0.1) is 42.9 Å². The first kappa shape index (κ1) is 17.6. The van der Waals surface area contributed by atoms with Crippen molar-refractivity contribution in [2.24, 2.45) is 0 Å². The molecule has 1 atom stereocenters. The third-order valence-corrected chi connectivity index (χ3v) is 3.29. The molecule has 128 valence electrons. The number of hydrogen-bond acceptors (Lipinski definition) is 8. The Morgan fingerprint density at radius 3 is 2.33 bits per heavy atom. The van der Waals surface area contributed by atoms with E-state index < -0.39 is 11.0 Å². The van der Waals surface area contributed by atoms with Crippen molar-refractivity contribution in [3.05, 3.63) is 51.3 Å². The standard InChI is InChI=1S/C15H17N3O6/c1-22-8-9-5-4-6-10(13(9)18(20)21)14(19)15-16-11(23-2)7-12(17-15)24-3/h4-7,14,19H,8H2,1-3H3. The Kier molecular flexibility index (Phi) is 5.61. The number of ether oxygens (including phenoxy) is 3. The summed E-state index contributed by atoms with van der Waals surface area (Å²) >= 11 is 0. The first-order valence-electron chi connectivity index (χ1n) is 6.92. The van der Waals surface area contributed by atoms with E-state index >= 15 is 0 Å². The average Bonchev–Trinajstić information content (AvgIpc) is 2.60. The SMILES string of the molecule is COCc1cccc(C(O)c2nc(OC)cc(OC)n2)c1[N+](=O)[O-]. The highest BCUT2D eigenvalue weighted by atomic mass is 16.6. The van der Waals surface area contributed by atoms with Gasteiger partial charge in [0.2, 0.25) is 11.8 Å². The summed E-state index contributed by atoms with van der Waals surface area (Å²) in [5.41, 5.74) is 0.163. The van der Waals surface area contributed by atoms with Crippen LogP contribution in [0, 0.1) is 10.1 Å². The predicted octanol–water partition coefficient (Wildman–Crippen LogP) is 1.63. The molecule has 0 saturated heterocycles. The molecule has 1 heterocycles. The second-order valence-electron chi connectivity index (χ2n) is 4.76. The normalized spacial score (nSPS) is 11.8. The molecule has 2 rings (SSSR count). The van der Waals surface area contributed by atoms with Gasteiger partial charge in [-0.3, -0.25) is 10.1 Å². The molecule has 0 radical (unpaired) electrons. The highest BCUT2D eigenvalue weighted by molar-refractivity contribution is 5.50. The summed E-state index contributed by atoms with van der Waals surface area (Å²) in [5, 5.41) is 22.0. The minimum absolute atomic E-state index is 0.0408. The van der Waals surface area contributed by atoms with Crippen molar-refractivity contribution in [3.8, 4) is 11.8 Å². The minimum Gasteiger partial charge on any atom is -0.481 e. The molecule has 9 nitrogen and oxygen atoms in total. The number of benzene rings is 1. The lowest BCUT2D eigenvalue weighted by Crippen LogP contribution is -2.11. The van der Waals surface area contributed by atoms with Gasteiger partial charge in [-0.1, -0.05) is 6.07 Å². The zero-order valence-corrected chi connectivity index (χ0v) is 13.4. The summed E-state index contributed by atoms with van der Waals surface area (Å²) in [6.07, 6.45) is -1.42. The van der Waals surface area contributed by atoms with Crippen LogP contribution in [0.3, 0.4) is 0 Å². The lowest BCUT2D eigenvalue weighted by atomic mass is 10.0. The van der Waals surface area contributed by atoms with Crippen molar-refractivity contribution in [2.75, 3.05) is 21.3 Å². The number of rotatable bonds is 7. The van der Waals surface area contributed by atoms with E-state index in [1.807, 2.05) is 0 Å². The number of aliphatic hydroxyl groups is 1. The van der Waals surface area contributed by atoms with E-state index in [9.17, 15) is 15.2 Å². The van der Waals surface area contributed by atoms with E-state index in [4.69, 9.17) is 14.2 Å². The number of nitro groups is 1. The predicted molar refractivity (Wildman–Crippen MR) is 83.0 cm³/mol. The molecule has 0 spiro atoms. The van der Waals surface area contributed by atoms with Crippen molar-refractivity contribution in [3.63, 3.8) is 0 Å². The highest BCUT2D eigenvalue weighted by Gasteiger charge is 2.27. The van der Waals surface area contributed by atoms with Crippen molar-refractivity contribution in [1.82, 2.24) is 9.97 Å². The first-order chi connectivity index (χ1) is 11.5. The zero-order chi connectivity index (χ0) is 17.7. The van der Waals surface area contributed by atoms with Crippen LogP contribution in [0.1, 0.15) is 23.1 Å². The monoisotopic (exact) mass is 335 g/mol. The number of methoxy groups -OCH3 is 3. The lowest BCUT2D eigenvalue weighted by Gasteiger charge is -2.14. The first-order valence-corrected chi connectivity index (χ1v) is 6.92. The van der Waals surface area contributed by atoms with E-state index in [-0.39, 0.29) is 35.4 Å². The molecule has 0 saturated carbocycles. The van der Waals surface area contributed by atoms with Crippen LogP contribution >= 0.6 is 0 Å². The van der Waals surface area contributed by atoms with Crippen molar-refractivity contribution >= 4 is 5.69 Å². The van der Waals surface area contributed by atoms with Gasteiger partial charge < -0.3 is 19.3 Å². The number of aliphatic hydroxyl groups excluding tert-OH is 1. The average molecular weight is 335 g/mol. The molecule has 0 bridgehead atoms. The zero-order valence-electron chi connectivity index (χ0n) is 13.4. The van der Waals surface area contributed by atoms with Crippen molar-refractivity contribution < 1.29 is 24.2 Å². The fraction of sp³-hybridized carbons (Fsp3) is 0.333. The second kappa shape index (κ2) is 7.66. The highest BCUT2D eigenvalue weighted by Crippen LogP contribution is 2.33. The van der Waals surface area contributed by atoms with E-state index in [0.717, 1.165) is 0 Å². The molecule has 24 heavy (non-hydrogen) atoms. The van der Waals surface area contributed by atoms with Gasteiger partial charge in [-0.2, -0.15) is 9.97 Å². The Morgan fingerprint density at radius 1 is 1.21 bits per heavy atom. The van der Waals surface area contributed by atoms with Crippen molar-refractivity contribution in [1.29, 1.82) is 0 Å². The quantitative estimate of drug-likeness (QED) is 0.599. The van der Waals surface area contributed by atoms with E-state index in [0.29, 0.717) is 5.56 Å². The van der Waals surface area contributed by atoms with Crippen LogP contribution < -0.4 is 9.47 Å². The Balaban J connectivity index is 2.55. The maximum Gasteiger partial charge on any atom is 0.281 e. The molecule has 0 aliphatic carbocycles. The van der Waals surface area contributed by atoms with Crippen LogP contribution in [0.5, 0.6) is 11.8 Å². The van der Waals surface area contributed by atoms with Gasteiger partial charge in [0.1, 0.15) is 6.10 Å². The fourth-order valence-electron chi connectivity index (χ4n) is 2.22. The maximum atomic E-state index is 11.4. The lowest BCUT2D eigenvalue weighted by molar-refractivity contribution is -0.387. The number of nitro benzene ring substituents is 1. The summed E-state index contributed by atoms with van der Waals surface area (Å²) in [5.74, 6) is 0.280. The van der Waals surface area contributed by atoms with E-state index in [1.165, 1.54) is 33.5 Å². The minimum atomic E-state index is -1.42. The molecule has 0 fully saturated rings. The van der Waals surface area contributed by atoms with Gasteiger partial charge in [0.15, 0.2) is 5.82 Å². The molecule has 0 aliphatic heterocycles. The number of para-hydroxylation sites is 1. The van der Waals surface area contributed by atoms with Gasteiger partial charge in [-0.05, 0) is 12.1 Å². The molecule has 1 N–H and O–H groups in total. The second-order valence-corrected chi connectivity index (χ2v) is 4.76. The van der Waals surface area contributed by atoms with Crippen LogP contribution in [0.2, 0.25) is 0 Å². The smallest absolute Gasteiger partial charge is 0.281 e. The van der Waals surface area contributed by atoms with E-state index in [1.54, 1.807) is 12.1 Å². The molecule has 0 aliphatic rings. The summed E-state index contributed by atoms with van der Waals surface area (Å²) < 4.78 is 15.0. The Bertz CT molecular complexity index is 715. The van der Waals surface area contributed by atoms with Crippen LogP contribution in [0.25, 0.3) is 0 Å².